The van der Waals surface area contributed by atoms with E-state index in [2.05, 4.69) is 25.8 Å². The summed E-state index contributed by atoms with van der Waals surface area (Å²) in [5.41, 5.74) is 0. The maximum absolute atomic E-state index is 5.89. The monoisotopic (exact) mass is 191 g/mol. The van der Waals surface area contributed by atoms with E-state index in [0.29, 0.717) is 0 Å². The predicted molar refractivity (Wildman–Crippen MR) is 56.9 cm³/mol. The molecule has 0 heterocycles. The van der Waals surface area contributed by atoms with Crippen molar-refractivity contribution in [3.63, 3.8) is 0 Å². The fourth-order valence-electron chi connectivity index (χ4n) is 1.62. The summed E-state index contributed by atoms with van der Waals surface area (Å²) in [6, 6.07) is 0. The molecule has 2 heteroatoms. The van der Waals surface area contributed by atoms with E-state index in [-0.39, 0.29) is 5.38 Å². The van der Waals surface area contributed by atoms with Gasteiger partial charge in [0.05, 0.1) is 0 Å². The van der Waals surface area contributed by atoms with Gasteiger partial charge in [0.2, 0.25) is 0 Å². The Morgan fingerprint density at radius 3 is 2.25 bits per heavy atom. The van der Waals surface area contributed by atoms with Crippen LogP contribution in [0.5, 0.6) is 0 Å². The molecule has 0 saturated carbocycles. The van der Waals surface area contributed by atoms with Gasteiger partial charge in [-0.05, 0) is 26.3 Å². The van der Waals surface area contributed by atoms with Crippen molar-refractivity contribution < 1.29 is 0 Å². The molecule has 2 atom stereocenters. The van der Waals surface area contributed by atoms with Gasteiger partial charge in [0, 0.05) is 18.5 Å². The molecule has 0 bridgehead atoms. The highest BCUT2D eigenvalue weighted by Crippen LogP contribution is 2.07. The van der Waals surface area contributed by atoms with Gasteiger partial charge in [-0.2, -0.15) is 0 Å². The molecule has 0 aromatic carbocycles. The highest BCUT2D eigenvalue weighted by molar-refractivity contribution is 6.20. The molecule has 0 aliphatic rings. The predicted octanol–water partition coefficient (Wildman–Crippen LogP) is 2.98. The van der Waals surface area contributed by atoms with E-state index in [1.165, 1.54) is 19.4 Å². The van der Waals surface area contributed by atoms with Crippen LogP contribution in [-0.4, -0.2) is 30.4 Å². The minimum absolute atomic E-state index is 0.267. The third kappa shape index (κ3) is 6.93. The molecule has 12 heavy (non-hydrogen) atoms. The highest BCUT2D eigenvalue weighted by atomic mass is 35.5. The lowest BCUT2D eigenvalue weighted by molar-refractivity contribution is 0.279. The smallest absolute Gasteiger partial charge is 0.0434 e. The first-order chi connectivity index (χ1) is 5.56. The van der Waals surface area contributed by atoms with Gasteiger partial charge in [-0.15, -0.1) is 11.6 Å². The quantitative estimate of drug-likeness (QED) is 0.584. The van der Waals surface area contributed by atoms with Crippen molar-refractivity contribution in [1.82, 2.24) is 4.90 Å². The van der Waals surface area contributed by atoms with Crippen molar-refractivity contribution in [2.45, 2.75) is 39.0 Å². The van der Waals surface area contributed by atoms with Crippen molar-refractivity contribution in [3.8, 4) is 0 Å². The first-order valence-corrected chi connectivity index (χ1v) is 5.32. The molecule has 0 fully saturated rings. The number of halogens is 1. The highest BCUT2D eigenvalue weighted by Gasteiger charge is 2.07. The molecular formula is C10H22ClN. The summed E-state index contributed by atoms with van der Waals surface area (Å²) in [6.45, 7) is 8.75. The molecule has 0 aromatic rings. The van der Waals surface area contributed by atoms with Crippen LogP contribution < -0.4 is 0 Å². The van der Waals surface area contributed by atoms with Crippen LogP contribution in [0.4, 0.5) is 0 Å². The molecule has 0 aliphatic heterocycles. The average Bonchev–Trinajstić information content (AvgIpc) is 1.84. The zero-order chi connectivity index (χ0) is 9.56. The molecule has 2 unspecified atom stereocenters. The Kier molecular flexibility index (Phi) is 6.87. The minimum Gasteiger partial charge on any atom is -0.305 e. The van der Waals surface area contributed by atoms with E-state index < -0.39 is 0 Å². The normalized spacial score (nSPS) is 16.5. The van der Waals surface area contributed by atoms with Crippen molar-refractivity contribution in [2.24, 2.45) is 5.92 Å². The second-order valence-electron chi connectivity index (χ2n) is 3.90. The lowest BCUT2D eigenvalue weighted by Gasteiger charge is -2.21. The Hall–Kier alpha value is 0.250. The van der Waals surface area contributed by atoms with E-state index in [9.17, 15) is 0 Å². The van der Waals surface area contributed by atoms with Gasteiger partial charge in [-0.25, -0.2) is 0 Å². The second-order valence-corrected chi connectivity index (χ2v) is 4.64. The van der Waals surface area contributed by atoms with Crippen LogP contribution in [0.25, 0.3) is 0 Å². The van der Waals surface area contributed by atoms with Crippen LogP contribution in [0.2, 0.25) is 0 Å². The maximum Gasteiger partial charge on any atom is 0.0434 e. The Balaban J connectivity index is 3.46. The van der Waals surface area contributed by atoms with Crippen molar-refractivity contribution in [2.75, 3.05) is 20.1 Å². The molecule has 0 aliphatic carbocycles. The van der Waals surface area contributed by atoms with E-state index in [1.807, 2.05) is 6.92 Å². The first kappa shape index (κ1) is 12.2. The van der Waals surface area contributed by atoms with Gasteiger partial charge < -0.3 is 4.90 Å². The number of hydrogen-bond acceptors (Lipinski definition) is 1. The van der Waals surface area contributed by atoms with Gasteiger partial charge in [-0.1, -0.05) is 20.3 Å². The summed E-state index contributed by atoms with van der Waals surface area (Å²) in [4.78, 5) is 2.32. The standard InChI is InChI=1S/C10H22ClN/c1-5-6-9(2)7-12(4)8-10(3)11/h9-10H,5-8H2,1-4H3. The zero-order valence-corrected chi connectivity index (χ0v) is 9.56. The molecule has 0 saturated heterocycles. The Morgan fingerprint density at radius 2 is 1.83 bits per heavy atom. The van der Waals surface area contributed by atoms with Crippen LogP contribution in [0.15, 0.2) is 0 Å². The van der Waals surface area contributed by atoms with Crippen LogP contribution in [0.3, 0.4) is 0 Å². The first-order valence-electron chi connectivity index (χ1n) is 4.88. The molecule has 1 nitrogen and oxygen atoms in total. The SMILES string of the molecule is CCCC(C)CN(C)CC(C)Cl. The van der Waals surface area contributed by atoms with Crippen LogP contribution in [0.1, 0.15) is 33.6 Å². The van der Waals surface area contributed by atoms with Crippen LogP contribution >= 0.6 is 11.6 Å². The maximum atomic E-state index is 5.89. The fourth-order valence-corrected chi connectivity index (χ4v) is 1.86. The molecule has 0 N–H and O–H groups in total. The van der Waals surface area contributed by atoms with E-state index in [1.54, 1.807) is 0 Å². The van der Waals surface area contributed by atoms with Gasteiger partial charge in [0.25, 0.3) is 0 Å². The average molecular weight is 192 g/mol. The van der Waals surface area contributed by atoms with Gasteiger partial charge in [-0.3, -0.25) is 0 Å². The van der Waals surface area contributed by atoms with Crippen molar-refractivity contribution >= 4 is 11.6 Å². The van der Waals surface area contributed by atoms with E-state index in [0.717, 1.165) is 12.5 Å². The Labute approximate surface area is 82.1 Å². The number of rotatable bonds is 6. The fraction of sp³-hybridized carbons (Fsp3) is 1.00. The van der Waals surface area contributed by atoms with Gasteiger partial charge in [0.15, 0.2) is 0 Å². The zero-order valence-electron chi connectivity index (χ0n) is 8.81. The summed E-state index contributed by atoms with van der Waals surface area (Å²) in [5, 5.41) is 0.267. The Morgan fingerprint density at radius 1 is 1.25 bits per heavy atom. The van der Waals surface area contributed by atoms with Crippen LogP contribution in [0, 0.1) is 5.92 Å². The molecule has 0 radical (unpaired) electrons. The number of nitrogens with zero attached hydrogens (tertiary/aromatic N) is 1. The largest absolute Gasteiger partial charge is 0.305 e. The van der Waals surface area contributed by atoms with Crippen molar-refractivity contribution in [1.29, 1.82) is 0 Å². The van der Waals surface area contributed by atoms with Crippen LogP contribution in [-0.2, 0) is 0 Å². The number of alkyl halides is 1. The summed E-state index contributed by atoms with van der Waals surface area (Å²) < 4.78 is 0. The minimum atomic E-state index is 0.267. The van der Waals surface area contributed by atoms with Gasteiger partial charge in [0.1, 0.15) is 0 Å². The van der Waals surface area contributed by atoms with Crippen molar-refractivity contribution in [3.05, 3.63) is 0 Å². The molecular weight excluding hydrogens is 170 g/mol. The molecule has 0 spiro atoms. The molecule has 0 aromatic heterocycles. The summed E-state index contributed by atoms with van der Waals surface area (Å²) in [5.74, 6) is 0.801. The summed E-state index contributed by atoms with van der Waals surface area (Å²) in [7, 11) is 2.14. The summed E-state index contributed by atoms with van der Waals surface area (Å²) >= 11 is 5.89. The lowest BCUT2D eigenvalue weighted by Crippen LogP contribution is -2.29. The lowest BCUT2D eigenvalue weighted by atomic mass is 10.1. The van der Waals surface area contributed by atoms with E-state index in [4.69, 9.17) is 11.6 Å². The third-order valence-electron chi connectivity index (χ3n) is 1.97. The molecule has 74 valence electrons. The Bertz CT molecular complexity index is 104. The molecule has 0 amide bonds. The number of hydrogen-bond donors (Lipinski definition) is 0. The van der Waals surface area contributed by atoms with Gasteiger partial charge >= 0.3 is 0 Å². The summed E-state index contributed by atoms with van der Waals surface area (Å²) in [6.07, 6.45) is 2.60. The topological polar surface area (TPSA) is 3.24 Å². The second kappa shape index (κ2) is 6.73. The van der Waals surface area contributed by atoms with E-state index >= 15 is 0 Å². The third-order valence-corrected chi connectivity index (χ3v) is 2.11. The molecule has 0 rings (SSSR count).